The average Bonchev–Trinajstić information content (AvgIpc) is 3.23. The fourth-order valence-corrected chi connectivity index (χ4v) is 5.25. The third-order valence-electron chi connectivity index (χ3n) is 5.55. The van der Waals surface area contributed by atoms with Crippen LogP contribution in [0.1, 0.15) is 44.0 Å². The third kappa shape index (κ3) is 7.37. The van der Waals surface area contributed by atoms with E-state index in [9.17, 15) is 4.21 Å². The average molecular weight is 544 g/mol. The van der Waals surface area contributed by atoms with Crippen LogP contribution in [0.3, 0.4) is 0 Å². The maximum Gasteiger partial charge on any atom is 0.191 e. The lowest BCUT2D eigenvalue weighted by atomic mass is 9.95. The zero-order valence-corrected chi connectivity index (χ0v) is 21.1. The Balaban J connectivity index is 0.00000320. The number of nitrogens with one attached hydrogen (secondary N) is 2. The van der Waals surface area contributed by atoms with Crippen molar-refractivity contribution in [1.82, 2.24) is 20.2 Å². The summed E-state index contributed by atoms with van der Waals surface area (Å²) in [5.41, 5.74) is 1.33. The minimum atomic E-state index is -0.714. The molecule has 1 aromatic carbocycles. The van der Waals surface area contributed by atoms with Gasteiger partial charge >= 0.3 is 0 Å². The quantitative estimate of drug-likeness (QED) is 0.304. The van der Waals surface area contributed by atoms with Gasteiger partial charge in [-0.3, -0.25) is 9.20 Å². The van der Waals surface area contributed by atoms with E-state index in [4.69, 9.17) is 0 Å². The highest BCUT2D eigenvalue weighted by molar-refractivity contribution is 14.0. The largest absolute Gasteiger partial charge is 0.354 e. The molecule has 2 aromatic rings. The van der Waals surface area contributed by atoms with Gasteiger partial charge in [-0.1, -0.05) is 43.7 Å². The highest BCUT2D eigenvalue weighted by Crippen LogP contribution is 2.23. The normalized spacial score (nSPS) is 20.3. The van der Waals surface area contributed by atoms with E-state index in [0.717, 1.165) is 56.2 Å². The summed E-state index contributed by atoms with van der Waals surface area (Å²) in [5, 5.41) is 7.22. The Morgan fingerprint density at radius 1 is 1.30 bits per heavy atom. The number of aromatic nitrogens is 2. The third-order valence-corrected chi connectivity index (χ3v) is 7.29. The highest BCUT2D eigenvalue weighted by atomic mass is 127. The van der Waals surface area contributed by atoms with Crippen LogP contribution in [0.5, 0.6) is 0 Å². The lowest BCUT2D eigenvalue weighted by molar-refractivity contribution is 0.413. The fourth-order valence-electron chi connectivity index (χ4n) is 3.91. The number of hydrogen-bond donors (Lipinski definition) is 2. The molecular formula is C22H34IN5OS. The van der Waals surface area contributed by atoms with Crippen LogP contribution in [-0.4, -0.2) is 43.8 Å². The SMILES string of the molecule is CCS(=O)C1CCCC(NC(=NC)NCc2nccn2CCc2ccccc2)C1.I. The minimum Gasteiger partial charge on any atom is -0.354 e. The van der Waals surface area contributed by atoms with Gasteiger partial charge in [-0.05, 0) is 31.2 Å². The van der Waals surface area contributed by atoms with Gasteiger partial charge in [-0.25, -0.2) is 4.98 Å². The number of guanidine groups is 1. The first kappa shape index (κ1) is 24.8. The van der Waals surface area contributed by atoms with Gasteiger partial charge < -0.3 is 15.2 Å². The second-order valence-electron chi connectivity index (χ2n) is 7.50. The van der Waals surface area contributed by atoms with Crippen LogP contribution in [0, 0.1) is 0 Å². The molecule has 8 heteroatoms. The maximum atomic E-state index is 12.2. The Bertz CT molecular complexity index is 811. The smallest absolute Gasteiger partial charge is 0.191 e. The van der Waals surface area contributed by atoms with E-state index >= 15 is 0 Å². The molecule has 3 atom stereocenters. The van der Waals surface area contributed by atoms with Gasteiger partial charge in [0, 0.05) is 53.8 Å². The van der Waals surface area contributed by atoms with E-state index in [1.54, 1.807) is 7.05 Å². The first-order valence-corrected chi connectivity index (χ1v) is 12.0. The summed E-state index contributed by atoms with van der Waals surface area (Å²) in [6.07, 6.45) is 9.11. The first-order valence-electron chi connectivity index (χ1n) is 10.6. The summed E-state index contributed by atoms with van der Waals surface area (Å²) in [7, 11) is 1.08. The number of hydrogen-bond acceptors (Lipinski definition) is 3. The molecule has 166 valence electrons. The number of nitrogens with zero attached hydrogens (tertiary/aromatic N) is 3. The topological polar surface area (TPSA) is 71.3 Å². The molecular weight excluding hydrogens is 509 g/mol. The molecule has 3 rings (SSSR count). The molecule has 6 nitrogen and oxygen atoms in total. The van der Waals surface area contributed by atoms with Gasteiger partial charge in [0.25, 0.3) is 0 Å². The summed E-state index contributed by atoms with van der Waals surface area (Å²) in [6, 6.07) is 10.8. The Morgan fingerprint density at radius 2 is 2.10 bits per heavy atom. The zero-order valence-electron chi connectivity index (χ0n) is 17.9. The van der Waals surface area contributed by atoms with Crippen LogP contribution in [0.15, 0.2) is 47.7 Å². The number of aliphatic imine (C=N–C) groups is 1. The monoisotopic (exact) mass is 543 g/mol. The van der Waals surface area contributed by atoms with Crippen LogP contribution in [0.2, 0.25) is 0 Å². The van der Waals surface area contributed by atoms with Crippen molar-refractivity contribution in [2.45, 2.75) is 63.4 Å². The highest BCUT2D eigenvalue weighted by Gasteiger charge is 2.26. The zero-order chi connectivity index (χ0) is 20.5. The minimum absolute atomic E-state index is 0. The second kappa shape index (κ2) is 13.1. The van der Waals surface area contributed by atoms with Crippen molar-refractivity contribution in [3.8, 4) is 0 Å². The lowest BCUT2D eigenvalue weighted by Crippen LogP contribution is -2.46. The van der Waals surface area contributed by atoms with Gasteiger partial charge in [0.05, 0.1) is 6.54 Å². The van der Waals surface area contributed by atoms with Crippen molar-refractivity contribution in [1.29, 1.82) is 0 Å². The van der Waals surface area contributed by atoms with Gasteiger partial charge in [-0.15, -0.1) is 24.0 Å². The Hall–Kier alpha value is -1.42. The molecule has 1 saturated carbocycles. The van der Waals surface area contributed by atoms with E-state index in [2.05, 4.69) is 49.4 Å². The molecule has 0 saturated heterocycles. The molecule has 1 fully saturated rings. The van der Waals surface area contributed by atoms with E-state index in [1.807, 2.05) is 25.4 Å². The Morgan fingerprint density at radius 3 is 2.83 bits per heavy atom. The van der Waals surface area contributed by atoms with Crippen LogP contribution < -0.4 is 10.6 Å². The Kier molecular flexibility index (Phi) is 10.8. The molecule has 30 heavy (non-hydrogen) atoms. The maximum absolute atomic E-state index is 12.2. The summed E-state index contributed by atoms with van der Waals surface area (Å²) >= 11 is 0. The number of aryl methyl sites for hydroxylation is 2. The molecule has 1 aliphatic rings. The summed E-state index contributed by atoms with van der Waals surface area (Å²) in [5.74, 6) is 2.53. The summed E-state index contributed by atoms with van der Waals surface area (Å²) in [6.45, 7) is 3.53. The Labute approximate surface area is 199 Å². The lowest BCUT2D eigenvalue weighted by Gasteiger charge is -2.30. The predicted octanol–water partition coefficient (Wildman–Crippen LogP) is 3.49. The van der Waals surface area contributed by atoms with Gasteiger partial charge in [-0.2, -0.15) is 0 Å². The van der Waals surface area contributed by atoms with Crippen LogP contribution in [0.25, 0.3) is 0 Å². The number of imidazole rings is 1. The molecule has 0 aliphatic heterocycles. The standard InChI is InChI=1S/C22H33N5OS.HI/c1-3-29(28)20-11-7-10-19(16-20)26-22(23-2)25-17-21-24-13-15-27(21)14-12-18-8-5-4-6-9-18;/h4-6,8-9,13,15,19-20H,3,7,10-12,14,16-17H2,1-2H3,(H2,23,25,26);1H. The van der Waals surface area contributed by atoms with E-state index in [-0.39, 0.29) is 24.0 Å². The molecule has 0 radical (unpaired) electrons. The first-order chi connectivity index (χ1) is 14.2. The van der Waals surface area contributed by atoms with E-state index < -0.39 is 10.8 Å². The number of rotatable bonds is 8. The second-order valence-corrected chi connectivity index (χ2v) is 9.50. The van der Waals surface area contributed by atoms with Gasteiger partial charge in [0.15, 0.2) is 5.96 Å². The summed E-state index contributed by atoms with van der Waals surface area (Å²) < 4.78 is 14.4. The molecule has 1 heterocycles. The van der Waals surface area contributed by atoms with Crippen LogP contribution in [-0.2, 0) is 30.3 Å². The molecule has 2 N–H and O–H groups in total. The van der Waals surface area contributed by atoms with Crippen LogP contribution in [0.4, 0.5) is 0 Å². The fraction of sp³-hybridized carbons (Fsp3) is 0.545. The molecule has 1 aromatic heterocycles. The molecule has 3 unspecified atom stereocenters. The molecule has 0 spiro atoms. The van der Waals surface area contributed by atoms with Crippen molar-refractivity contribution in [3.05, 3.63) is 54.1 Å². The van der Waals surface area contributed by atoms with Crippen molar-refractivity contribution < 1.29 is 4.21 Å². The van der Waals surface area contributed by atoms with Gasteiger partial charge in [0.1, 0.15) is 5.82 Å². The van der Waals surface area contributed by atoms with Crippen molar-refractivity contribution in [3.63, 3.8) is 0 Å². The summed E-state index contributed by atoms with van der Waals surface area (Å²) in [4.78, 5) is 8.88. The van der Waals surface area contributed by atoms with Crippen molar-refractivity contribution in [2.75, 3.05) is 12.8 Å². The number of halogens is 1. The van der Waals surface area contributed by atoms with E-state index in [1.165, 1.54) is 5.56 Å². The molecule has 1 aliphatic carbocycles. The van der Waals surface area contributed by atoms with Crippen molar-refractivity contribution >= 4 is 40.7 Å². The molecule has 0 bridgehead atoms. The van der Waals surface area contributed by atoms with E-state index in [0.29, 0.717) is 17.8 Å². The van der Waals surface area contributed by atoms with Crippen LogP contribution >= 0.6 is 24.0 Å². The predicted molar refractivity (Wildman–Crippen MR) is 136 cm³/mol. The number of benzene rings is 1. The molecule has 0 amide bonds. The van der Waals surface area contributed by atoms with Crippen molar-refractivity contribution in [2.24, 2.45) is 4.99 Å². The van der Waals surface area contributed by atoms with Gasteiger partial charge in [0.2, 0.25) is 0 Å².